The molecule has 0 saturated carbocycles. The zero-order chi connectivity index (χ0) is 17.3. The summed E-state index contributed by atoms with van der Waals surface area (Å²) in [4.78, 5) is 0.239. The van der Waals surface area contributed by atoms with Crippen molar-refractivity contribution in [1.82, 2.24) is 19.7 Å². The molecule has 6 nitrogen and oxygen atoms in total. The van der Waals surface area contributed by atoms with Crippen LogP contribution < -0.4 is 4.72 Å². The maximum Gasteiger partial charge on any atom is 0.242 e. The summed E-state index contributed by atoms with van der Waals surface area (Å²) in [6, 6.07) is 14.3. The molecule has 24 heavy (non-hydrogen) atoms. The Hall–Kier alpha value is -2.25. The Morgan fingerprint density at radius 2 is 1.71 bits per heavy atom. The van der Waals surface area contributed by atoms with Gasteiger partial charge in [-0.05, 0) is 37.1 Å². The third-order valence-electron chi connectivity index (χ3n) is 3.88. The first-order chi connectivity index (χ1) is 11.4. The van der Waals surface area contributed by atoms with Gasteiger partial charge in [0, 0.05) is 0 Å². The molecule has 1 aromatic heterocycles. The summed E-state index contributed by atoms with van der Waals surface area (Å²) in [5.74, 6) is -0.00432. The van der Waals surface area contributed by atoms with Crippen LogP contribution in [0.5, 0.6) is 0 Å². The van der Waals surface area contributed by atoms with E-state index in [1.807, 2.05) is 45.0 Å². The first-order valence-corrected chi connectivity index (χ1v) is 9.26. The van der Waals surface area contributed by atoms with Crippen molar-refractivity contribution in [1.29, 1.82) is 0 Å². The average molecular weight is 344 g/mol. The number of hydrogen-bond donors (Lipinski definition) is 1. The Bertz CT molecular complexity index is 946. The second-order valence-corrected chi connectivity index (χ2v) is 7.86. The van der Waals surface area contributed by atoms with Gasteiger partial charge >= 0.3 is 0 Å². The molecule has 0 aliphatic rings. The molecule has 1 heterocycles. The highest BCUT2D eigenvalue weighted by Gasteiger charge is 2.26. The molecule has 1 atom stereocenters. The summed E-state index contributed by atoms with van der Waals surface area (Å²) in [5, 5.41) is 8.26. The van der Waals surface area contributed by atoms with Crippen LogP contribution in [-0.2, 0) is 10.0 Å². The molecular formula is C17H20N4O2S. The summed E-state index contributed by atoms with van der Waals surface area (Å²) in [7, 11) is -3.65. The summed E-state index contributed by atoms with van der Waals surface area (Å²) in [6.45, 7) is 5.81. The minimum Gasteiger partial charge on any atom is -0.226 e. The van der Waals surface area contributed by atoms with E-state index in [-0.39, 0.29) is 10.8 Å². The second-order valence-electron chi connectivity index (χ2n) is 6.15. The standard InChI is InChI=1S/C17H20N4O2S/c1-12(2)17(21-16-7-5-4-6-15(16)18-20-21)19-24(22,23)14-10-8-13(3)9-11-14/h4-12,17,19H,1-3H3/t17-/m0/s1. The Balaban J connectivity index is 1.99. The summed E-state index contributed by atoms with van der Waals surface area (Å²) in [5.41, 5.74) is 2.54. The van der Waals surface area contributed by atoms with Crippen molar-refractivity contribution in [3.05, 3.63) is 54.1 Å². The molecule has 126 valence electrons. The van der Waals surface area contributed by atoms with E-state index in [0.29, 0.717) is 0 Å². The van der Waals surface area contributed by atoms with Crippen molar-refractivity contribution in [3.8, 4) is 0 Å². The van der Waals surface area contributed by atoms with Crippen LogP contribution in [0.3, 0.4) is 0 Å². The fourth-order valence-corrected chi connectivity index (χ4v) is 3.83. The number of rotatable bonds is 5. The molecule has 3 rings (SSSR count). The molecule has 3 aromatic rings. The van der Waals surface area contributed by atoms with Gasteiger partial charge in [0.05, 0.1) is 10.4 Å². The average Bonchev–Trinajstić information content (AvgIpc) is 2.96. The van der Waals surface area contributed by atoms with Crippen LogP contribution in [0.4, 0.5) is 0 Å². The van der Waals surface area contributed by atoms with Gasteiger partial charge in [0.15, 0.2) is 0 Å². The van der Waals surface area contributed by atoms with E-state index in [0.717, 1.165) is 16.6 Å². The molecule has 2 aromatic carbocycles. The summed E-state index contributed by atoms with van der Waals surface area (Å²) < 4.78 is 29.8. The van der Waals surface area contributed by atoms with Crippen molar-refractivity contribution < 1.29 is 8.42 Å². The summed E-state index contributed by atoms with van der Waals surface area (Å²) in [6.07, 6.45) is -0.524. The van der Waals surface area contributed by atoms with E-state index >= 15 is 0 Å². The van der Waals surface area contributed by atoms with E-state index in [1.54, 1.807) is 28.9 Å². The second kappa shape index (κ2) is 6.33. The SMILES string of the molecule is Cc1ccc(S(=O)(=O)N[C@H](C(C)C)n2nnc3ccccc32)cc1. The van der Waals surface area contributed by atoms with E-state index in [1.165, 1.54) is 0 Å². The number of hydrogen-bond acceptors (Lipinski definition) is 4. The molecule has 0 aliphatic heterocycles. The monoisotopic (exact) mass is 344 g/mol. The number of aromatic nitrogens is 3. The zero-order valence-corrected chi connectivity index (χ0v) is 14.7. The van der Waals surface area contributed by atoms with Gasteiger partial charge in [0.25, 0.3) is 0 Å². The topological polar surface area (TPSA) is 76.9 Å². The van der Waals surface area contributed by atoms with E-state index in [9.17, 15) is 8.42 Å². The van der Waals surface area contributed by atoms with Crippen LogP contribution in [0.1, 0.15) is 25.6 Å². The smallest absolute Gasteiger partial charge is 0.226 e. The van der Waals surface area contributed by atoms with Crippen molar-refractivity contribution in [2.45, 2.75) is 31.8 Å². The minimum absolute atomic E-state index is 0.00432. The largest absolute Gasteiger partial charge is 0.242 e. The molecular weight excluding hydrogens is 324 g/mol. The molecule has 7 heteroatoms. The van der Waals surface area contributed by atoms with E-state index in [2.05, 4.69) is 15.0 Å². The van der Waals surface area contributed by atoms with Gasteiger partial charge in [0.2, 0.25) is 10.0 Å². The van der Waals surface area contributed by atoms with Crippen molar-refractivity contribution in [2.24, 2.45) is 5.92 Å². The van der Waals surface area contributed by atoms with Crippen LogP contribution in [0.15, 0.2) is 53.4 Å². The van der Waals surface area contributed by atoms with Crippen molar-refractivity contribution in [2.75, 3.05) is 0 Å². The highest BCUT2D eigenvalue weighted by atomic mass is 32.2. The van der Waals surface area contributed by atoms with Crippen molar-refractivity contribution in [3.63, 3.8) is 0 Å². The predicted molar refractivity (Wildman–Crippen MR) is 92.9 cm³/mol. The number of fused-ring (bicyclic) bond motifs is 1. The number of aryl methyl sites for hydroxylation is 1. The van der Waals surface area contributed by atoms with Gasteiger partial charge < -0.3 is 0 Å². The van der Waals surface area contributed by atoms with Gasteiger partial charge in [-0.2, -0.15) is 4.72 Å². The number of nitrogens with one attached hydrogen (secondary N) is 1. The molecule has 1 N–H and O–H groups in total. The molecule has 0 radical (unpaired) electrons. The Morgan fingerprint density at radius 3 is 2.38 bits per heavy atom. The Morgan fingerprint density at radius 1 is 1.04 bits per heavy atom. The predicted octanol–water partition coefficient (Wildman–Crippen LogP) is 2.87. The quantitative estimate of drug-likeness (QED) is 0.772. The lowest BCUT2D eigenvalue weighted by Crippen LogP contribution is -2.36. The number of sulfonamides is 1. The minimum atomic E-state index is -3.65. The lowest BCUT2D eigenvalue weighted by Gasteiger charge is -2.23. The van der Waals surface area contributed by atoms with Crippen LogP contribution in [0.25, 0.3) is 11.0 Å². The first kappa shape index (κ1) is 16.6. The molecule has 0 aliphatic carbocycles. The van der Waals surface area contributed by atoms with Gasteiger partial charge in [-0.25, -0.2) is 13.1 Å². The van der Waals surface area contributed by atoms with Gasteiger partial charge in [-0.1, -0.05) is 48.9 Å². The van der Waals surface area contributed by atoms with Gasteiger partial charge in [-0.3, -0.25) is 0 Å². The number of benzene rings is 2. The fraction of sp³-hybridized carbons (Fsp3) is 0.294. The maximum absolute atomic E-state index is 12.7. The molecule has 0 spiro atoms. The molecule has 0 fully saturated rings. The molecule has 0 unspecified atom stereocenters. The van der Waals surface area contributed by atoms with Crippen molar-refractivity contribution >= 4 is 21.1 Å². The highest BCUT2D eigenvalue weighted by Crippen LogP contribution is 2.22. The van der Waals surface area contributed by atoms with Crippen LogP contribution >= 0.6 is 0 Å². The Labute approximate surface area is 141 Å². The first-order valence-electron chi connectivity index (χ1n) is 7.77. The lowest BCUT2D eigenvalue weighted by atomic mass is 10.1. The zero-order valence-electron chi connectivity index (χ0n) is 13.8. The third-order valence-corrected chi connectivity index (χ3v) is 5.32. The fourth-order valence-electron chi connectivity index (χ4n) is 2.51. The third kappa shape index (κ3) is 3.18. The number of nitrogens with zero attached hydrogens (tertiary/aromatic N) is 3. The Kier molecular flexibility index (Phi) is 4.38. The normalized spacial score (nSPS) is 13.5. The molecule has 0 amide bonds. The van der Waals surface area contributed by atoms with Crippen LogP contribution in [0, 0.1) is 12.8 Å². The maximum atomic E-state index is 12.7. The summed E-state index contributed by atoms with van der Waals surface area (Å²) >= 11 is 0. The van der Waals surface area contributed by atoms with E-state index < -0.39 is 16.2 Å². The van der Waals surface area contributed by atoms with E-state index in [4.69, 9.17) is 0 Å². The lowest BCUT2D eigenvalue weighted by molar-refractivity contribution is 0.328. The number of para-hydroxylation sites is 1. The van der Waals surface area contributed by atoms with Crippen LogP contribution in [-0.4, -0.2) is 23.4 Å². The molecule has 0 bridgehead atoms. The van der Waals surface area contributed by atoms with Gasteiger partial charge in [-0.15, -0.1) is 5.10 Å². The highest BCUT2D eigenvalue weighted by molar-refractivity contribution is 7.89. The van der Waals surface area contributed by atoms with Crippen LogP contribution in [0.2, 0.25) is 0 Å². The van der Waals surface area contributed by atoms with Gasteiger partial charge in [0.1, 0.15) is 11.7 Å². The molecule has 0 saturated heterocycles.